The fraction of sp³-hybridized carbons (Fsp3) is 0.562. The molecule has 102 valence electrons. The Morgan fingerprint density at radius 3 is 2.63 bits per heavy atom. The molecule has 0 spiro atoms. The zero-order valence-electron chi connectivity index (χ0n) is 11.6. The Hall–Kier alpha value is -1.11. The van der Waals surface area contributed by atoms with E-state index in [9.17, 15) is 4.79 Å². The van der Waals surface area contributed by atoms with Crippen LogP contribution in [0.1, 0.15) is 56.6 Å². The zero-order chi connectivity index (χ0) is 13.9. The number of halogens is 1. The maximum absolute atomic E-state index is 10.1. The van der Waals surface area contributed by atoms with Gasteiger partial charge in [0.15, 0.2) is 0 Å². The number of rotatable bonds is 3. The first-order chi connectivity index (χ1) is 9.02. The standard InChI is InChI=1S/C16H20ClNO/c1-16(2)7-5-13(6-8-16)14-4-3-12(9-15(14)17)10-18-11-19/h3-4,9,13H,5-8,10H2,1-2H3. The molecule has 0 radical (unpaired) electrons. The lowest BCUT2D eigenvalue weighted by atomic mass is 9.71. The SMILES string of the molecule is CC1(C)CCC(c2ccc(CN=C=O)cc2Cl)CC1. The summed E-state index contributed by atoms with van der Waals surface area (Å²) in [6.07, 6.45) is 6.48. The van der Waals surface area contributed by atoms with Crippen molar-refractivity contribution >= 4 is 17.7 Å². The van der Waals surface area contributed by atoms with Crippen LogP contribution in [-0.4, -0.2) is 6.08 Å². The summed E-state index contributed by atoms with van der Waals surface area (Å²) in [5, 5.41) is 0.809. The number of benzene rings is 1. The molecule has 1 fully saturated rings. The minimum absolute atomic E-state index is 0.362. The van der Waals surface area contributed by atoms with Crippen molar-refractivity contribution < 1.29 is 4.79 Å². The lowest BCUT2D eigenvalue weighted by molar-refractivity contribution is 0.224. The summed E-state index contributed by atoms with van der Waals surface area (Å²) in [6, 6.07) is 6.04. The molecule has 0 aromatic heterocycles. The molecule has 1 aromatic carbocycles. The highest BCUT2D eigenvalue weighted by Gasteiger charge is 2.28. The molecule has 1 aliphatic carbocycles. The van der Waals surface area contributed by atoms with E-state index in [4.69, 9.17) is 11.6 Å². The van der Waals surface area contributed by atoms with E-state index in [2.05, 4.69) is 24.9 Å². The third kappa shape index (κ3) is 3.68. The lowest BCUT2D eigenvalue weighted by Crippen LogP contribution is -2.20. The molecule has 1 aliphatic rings. The zero-order valence-corrected chi connectivity index (χ0v) is 12.3. The fourth-order valence-electron chi connectivity index (χ4n) is 2.83. The van der Waals surface area contributed by atoms with Crippen molar-refractivity contribution in [3.05, 3.63) is 34.3 Å². The summed E-state index contributed by atoms with van der Waals surface area (Å²) in [7, 11) is 0. The normalized spacial score (nSPS) is 18.9. The Morgan fingerprint density at radius 1 is 1.37 bits per heavy atom. The van der Waals surface area contributed by atoms with Crippen molar-refractivity contribution in [3.8, 4) is 0 Å². The van der Waals surface area contributed by atoms with E-state index in [1.54, 1.807) is 6.08 Å². The highest BCUT2D eigenvalue weighted by molar-refractivity contribution is 6.31. The molecule has 0 heterocycles. The smallest absolute Gasteiger partial charge is 0.211 e. The third-order valence-corrected chi connectivity index (χ3v) is 4.50. The van der Waals surface area contributed by atoms with Gasteiger partial charge in [0.2, 0.25) is 6.08 Å². The average Bonchev–Trinajstić information content (AvgIpc) is 2.37. The Labute approximate surface area is 119 Å². The minimum Gasteiger partial charge on any atom is -0.211 e. The van der Waals surface area contributed by atoms with Gasteiger partial charge in [0.05, 0.1) is 6.54 Å². The molecule has 19 heavy (non-hydrogen) atoms. The first kappa shape index (κ1) is 14.3. The Morgan fingerprint density at radius 2 is 2.05 bits per heavy atom. The number of nitrogens with zero attached hydrogens (tertiary/aromatic N) is 1. The predicted octanol–water partition coefficient (Wildman–Crippen LogP) is 4.86. The summed E-state index contributed by atoms with van der Waals surface area (Å²) in [5.41, 5.74) is 2.69. The van der Waals surface area contributed by atoms with E-state index >= 15 is 0 Å². The number of carbonyl (C=O) groups excluding carboxylic acids is 1. The summed E-state index contributed by atoms with van der Waals surface area (Å²) >= 11 is 6.37. The molecule has 0 N–H and O–H groups in total. The summed E-state index contributed by atoms with van der Waals surface area (Å²) in [4.78, 5) is 13.7. The summed E-state index contributed by atoms with van der Waals surface area (Å²) < 4.78 is 0. The highest BCUT2D eigenvalue weighted by Crippen LogP contribution is 2.44. The van der Waals surface area contributed by atoms with Crippen molar-refractivity contribution in [2.75, 3.05) is 0 Å². The molecule has 3 heteroatoms. The van der Waals surface area contributed by atoms with Crippen LogP contribution >= 0.6 is 11.6 Å². The largest absolute Gasteiger partial charge is 0.235 e. The van der Waals surface area contributed by atoms with Crippen molar-refractivity contribution in [1.29, 1.82) is 0 Å². The summed E-state index contributed by atoms with van der Waals surface area (Å²) in [6.45, 7) is 5.04. The van der Waals surface area contributed by atoms with Gasteiger partial charge in [0.25, 0.3) is 0 Å². The van der Waals surface area contributed by atoms with E-state index in [1.165, 1.54) is 31.2 Å². The molecule has 0 saturated heterocycles. The van der Waals surface area contributed by atoms with Crippen LogP contribution in [0.5, 0.6) is 0 Å². The van der Waals surface area contributed by atoms with Gasteiger partial charge in [-0.1, -0.05) is 37.6 Å². The molecule has 0 atom stereocenters. The van der Waals surface area contributed by atoms with Gasteiger partial charge in [0.1, 0.15) is 0 Å². The molecule has 1 saturated carbocycles. The summed E-state index contributed by atoms with van der Waals surface area (Å²) in [5.74, 6) is 0.573. The van der Waals surface area contributed by atoms with Crippen molar-refractivity contribution in [2.24, 2.45) is 10.4 Å². The molecule has 1 aromatic rings. The Kier molecular flexibility index (Phi) is 4.44. The van der Waals surface area contributed by atoms with Gasteiger partial charge in [-0.05, 0) is 54.2 Å². The van der Waals surface area contributed by atoms with Crippen LogP contribution in [0, 0.1) is 5.41 Å². The molecule has 0 aliphatic heterocycles. The first-order valence-corrected chi connectivity index (χ1v) is 7.21. The Bertz CT molecular complexity index is 493. The van der Waals surface area contributed by atoms with Gasteiger partial charge in [-0.2, -0.15) is 0 Å². The van der Waals surface area contributed by atoms with E-state index in [1.807, 2.05) is 12.1 Å². The average molecular weight is 278 g/mol. The van der Waals surface area contributed by atoms with Gasteiger partial charge >= 0.3 is 0 Å². The molecule has 0 unspecified atom stereocenters. The van der Waals surface area contributed by atoms with Crippen LogP contribution in [0.2, 0.25) is 5.02 Å². The van der Waals surface area contributed by atoms with Gasteiger partial charge in [-0.25, -0.2) is 9.79 Å². The van der Waals surface area contributed by atoms with Crippen LogP contribution in [0.25, 0.3) is 0 Å². The van der Waals surface area contributed by atoms with Crippen LogP contribution in [-0.2, 0) is 11.3 Å². The van der Waals surface area contributed by atoms with Gasteiger partial charge in [-0.15, -0.1) is 0 Å². The number of hydrogen-bond donors (Lipinski definition) is 0. The molecule has 0 amide bonds. The van der Waals surface area contributed by atoms with Crippen LogP contribution < -0.4 is 0 Å². The third-order valence-electron chi connectivity index (χ3n) is 4.17. The monoisotopic (exact) mass is 277 g/mol. The molecule has 0 bridgehead atoms. The second kappa shape index (κ2) is 5.90. The quantitative estimate of drug-likeness (QED) is 0.573. The minimum atomic E-state index is 0.362. The van der Waals surface area contributed by atoms with E-state index in [-0.39, 0.29) is 0 Å². The van der Waals surface area contributed by atoms with Crippen LogP contribution in [0.4, 0.5) is 0 Å². The fourth-order valence-corrected chi connectivity index (χ4v) is 3.19. The highest BCUT2D eigenvalue weighted by atomic mass is 35.5. The second-order valence-electron chi connectivity index (χ2n) is 6.20. The van der Waals surface area contributed by atoms with Crippen molar-refractivity contribution in [2.45, 2.75) is 52.0 Å². The maximum Gasteiger partial charge on any atom is 0.235 e. The van der Waals surface area contributed by atoms with E-state index in [0.717, 1.165) is 10.6 Å². The van der Waals surface area contributed by atoms with Crippen LogP contribution in [0.3, 0.4) is 0 Å². The Balaban J connectivity index is 2.11. The van der Waals surface area contributed by atoms with Gasteiger partial charge in [0, 0.05) is 5.02 Å². The molecule has 2 nitrogen and oxygen atoms in total. The van der Waals surface area contributed by atoms with Crippen LogP contribution in [0.15, 0.2) is 23.2 Å². The molecular weight excluding hydrogens is 258 g/mol. The van der Waals surface area contributed by atoms with E-state index in [0.29, 0.717) is 17.9 Å². The number of isocyanates is 1. The second-order valence-corrected chi connectivity index (χ2v) is 6.61. The topological polar surface area (TPSA) is 29.4 Å². The maximum atomic E-state index is 10.1. The van der Waals surface area contributed by atoms with Gasteiger partial charge in [-0.3, -0.25) is 0 Å². The van der Waals surface area contributed by atoms with Gasteiger partial charge < -0.3 is 0 Å². The van der Waals surface area contributed by atoms with E-state index < -0.39 is 0 Å². The lowest BCUT2D eigenvalue weighted by Gasteiger charge is -2.34. The molecule has 2 rings (SSSR count). The van der Waals surface area contributed by atoms with Crippen molar-refractivity contribution in [1.82, 2.24) is 0 Å². The van der Waals surface area contributed by atoms with Crippen molar-refractivity contribution in [3.63, 3.8) is 0 Å². The molecular formula is C16H20ClNO. The number of aliphatic imine (C=N–C) groups is 1. The first-order valence-electron chi connectivity index (χ1n) is 6.84. The predicted molar refractivity (Wildman–Crippen MR) is 78.3 cm³/mol. The number of hydrogen-bond acceptors (Lipinski definition) is 2.